The van der Waals surface area contributed by atoms with Crippen molar-refractivity contribution in [1.29, 1.82) is 0 Å². The number of piperazine rings is 1. The highest BCUT2D eigenvalue weighted by atomic mass is 35.5. The summed E-state index contributed by atoms with van der Waals surface area (Å²) in [6.07, 6.45) is 0.0559. The Labute approximate surface area is 165 Å². The molecule has 2 saturated heterocycles. The molecule has 2 aliphatic heterocycles. The van der Waals surface area contributed by atoms with Crippen LogP contribution in [0.2, 0.25) is 0 Å². The van der Waals surface area contributed by atoms with Gasteiger partial charge in [0.1, 0.15) is 0 Å². The monoisotopic (exact) mass is 404 g/mol. The fraction of sp³-hybridized carbons (Fsp3) is 0.529. The molecule has 7 nitrogen and oxygen atoms in total. The number of nitrogens with zero attached hydrogens (tertiary/aromatic N) is 2. The molecule has 2 aliphatic rings. The van der Waals surface area contributed by atoms with Crippen molar-refractivity contribution in [2.45, 2.75) is 18.6 Å². The number of hydrogen-bond acceptors (Lipinski definition) is 5. The third-order valence-electron chi connectivity index (χ3n) is 4.51. The zero-order valence-corrected chi connectivity index (χ0v) is 16.1. The van der Waals surface area contributed by atoms with Gasteiger partial charge in [0.05, 0.1) is 18.7 Å². The topological polar surface area (TPSA) is 84.9 Å². The number of benzene rings is 1. The largest absolute Gasteiger partial charge is 0.392 e. The maximum atomic E-state index is 12.4. The highest BCUT2D eigenvalue weighted by molar-refractivity contribution is 5.92. The molecule has 2 fully saturated rings. The van der Waals surface area contributed by atoms with Crippen LogP contribution in [-0.2, 0) is 9.59 Å². The molecule has 0 spiro atoms. The summed E-state index contributed by atoms with van der Waals surface area (Å²) in [5.74, 6) is 0.0153. The van der Waals surface area contributed by atoms with E-state index < -0.39 is 6.10 Å². The third-order valence-corrected chi connectivity index (χ3v) is 4.51. The maximum Gasteiger partial charge on any atom is 0.239 e. The van der Waals surface area contributed by atoms with Crippen LogP contribution >= 0.6 is 24.8 Å². The number of halogens is 2. The van der Waals surface area contributed by atoms with Gasteiger partial charge in [0.2, 0.25) is 11.8 Å². The Morgan fingerprint density at radius 2 is 1.77 bits per heavy atom. The van der Waals surface area contributed by atoms with Crippen LogP contribution in [0.15, 0.2) is 30.3 Å². The first kappa shape index (κ1) is 22.7. The molecule has 1 aromatic rings. The van der Waals surface area contributed by atoms with E-state index in [0.29, 0.717) is 45.7 Å². The summed E-state index contributed by atoms with van der Waals surface area (Å²) in [6, 6.07) is 9.12. The minimum atomic E-state index is -0.429. The normalized spacial score (nSPS) is 22.9. The Morgan fingerprint density at radius 3 is 2.35 bits per heavy atom. The molecule has 2 amide bonds. The Balaban J connectivity index is 0.00000169. The van der Waals surface area contributed by atoms with Gasteiger partial charge in [-0.05, 0) is 18.6 Å². The molecule has 2 atom stereocenters. The first-order valence-corrected chi connectivity index (χ1v) is 8.39. The van der Waals surface area contributed by atoms with Gasteiger partial charge < -0.3 is 20.6 Å². The second kappa shape index (κ2) is 10.7. The molecule has 2 heterocycles. The number of carbonyl (C=O) groups excluding carboxylic acids is 2. The van der Waals surface area contributed by atoms with E-state index in [1.807, 2.05) is 35.2 Å². The lowest BCUT2D eigenvalue weighted by Gasteiger charge is -2.35. The van der Waals surface area contributed by atoms with Crippen molar-refractivity contribution in [3.05, 3.63) is 30.3 Å². The van der Waals surface area contributed by atoms with E-state index in [1.165, 1.54) is 0 Å². The van der Waals surface area contributed by atoms with Crippen LogP contribution < -0.4 is 10.6 Å². The van der Waals surface area contributed by atoms with E-state index in [1.54, 1.807) is 0 Å². The predicted octanol–water partition coefficient (Wildman–Crippen LogP) is 0.336. The summed E-state index contributed by atoms with van der Waals surface area (Å²) >= 11 is 0. The van der Waals surface area contributed by atoms with Crippen LogP contribution in [0.3, 0.4) is 0 Å². The summed E-state index contributed by atoms with van der Waals surface area (Å²) in [5.41, 5.74) is 0.794. The van der Waals surface area contributed by atoms with Gasteiger partial charge in [0, 0.05) is 38.4 Å². The van der Waals surface area contributed by atoms with Gasteiger partial charge in [-0.1, -0.05) is 18.2 Å². The molecule has 146 valence electrons. The molecule has 3 rings (SSSR count). The Morgan fingerprint density at radius 1 is 1.12 bits per heavy atom. The summed E-state index contributed by atoms with van der Waals surface area (Å²) < 4.78 is 0. The molecule has 0 aromatic heterocycles. The van der Waals surface area contributed by atoms with Crippen LogP contribution in [-0.4, -0.2) is 78.1 Å². The Kier molecular flexibility index (Phi) is 9.32. The first-order chi connectivity index (χ1) is 11.6. The Bertz CT molecular complexity index is 583. The van der Waals surface area contributed by atoms with Crippen molar-refractivity contribution in [2.75, 3.05) is 44.6 Å². The molecule has 9 heteroatoms. The minimum Gasteiger partial charge on any atom is -0.392 e. The number of rotatable bonds is 4. The summed E-state index contributed by atoms with van der Waals surface area (Å²) in [4.78, 5) is 28.3. The number of carbonyl (C=O) groups is 2. The van der Waals surface area contributed by atoms with Crippen molar-refractivity contribution < 1.29 is 14.7 Å². The number of nitrogens with one attached hydrogen (secondary N) is 2. The maximum absolute atomic E-state index is 12.4. The zero-order valence-electron chi connectivity index (χ0n) is 14.5. The highest BCUT2D eigenvalue weighted by Crippen LogP contribution is 2.12. The van der Waals surface area contributed by atoms with Crippen molar-refractivity contribution in [3.63, 3.8) is 0 Å². The van der Waals surface area contributed by atoms with Gasteiger partial charge in [-0.3, -0.25) is 14.5 Å². The smallest absolute Gasteiger partial charge is 0.239 e. The summed E-state index contributed by atoms with van der Waals surface area (Å²) in [6.45, 7) is 3.41. The van der Waals surface area contributed by atoms with Gasteiger partial charge in [-0.25, -0.2) is 0 Å². The van der Waals surface area contributed by atoms with E-state index in [2.05, 4.69) is 15.5 Å². The Hall–Kier alpha value is -1.38. The lowest BCUT2D eigenvalue weighted by molar-refractivity contribution is -0.135. The number of aliphatic hydroxyl groups excluding tert-OH is 1. The fourth-order valence-electron chi connectivity index (χ4n) is 3.18. The molecule has 2 unspecified atom stereocenters. The van der Waals surface area contributed by atoms with E-state index in [9.17, 15) is 14.7 Å². The van der Waals surface area contributed by atoms with E-state index in [-0.39, 0.29) is 42.7 Å². The van der Waals surface area contributed by atoms with Gasteiger partial charge in [0.25, 0.3) is 0 Å². The second-order valence-corrected chi connectivity index (χ2v) is 6.37. The number of amides is 2. The second-order valence-electron chi connectivity index (χ2n) is 6.37. The molecule has 0 radical (unpaired) electrons. The molecule has 0 bridgehead atoms. The zero-order chi connectivity index (χ0) is 16.9. The van der Waals surface area contributed by atoms with E-state index in [4.69, 9.17) is 0 Å². The fourth-order valence-corrected chi connectivity index (χ4v) is 3.18. The molecule has 3 N–H and O–H groups in total. The quantitative estimate of drug-likeness (QED) is 0.673. The van der Waals surface area contributed by atoms with Crippen LogP contribution in [0.1, 0.15) is 6.42 Å². The average molecular weight is 405 g/mol. The standard InChI is InChI=1S/C17H24N4O3.2ClH/c22-14-10-15(18-11-14)17(24)21-8-6-20(7-9-21)12-16(23)19-13-4-2-1-3-5-13;;/h1-5,14-15,18,22H,6-12H2,(H,19,23);2*1H. The van der Waals surface area contributed by atoms with Crippen LogP contribution in [0.25, 0.3) is 0 Å². The number of β-amino-alcohol motifs (C(OH)–C–C–N with tert-alkyl or cyclic N) is 1. The summed E-state index contributed by atoms with van der Waals surface area (Å²) in [5, 5.41) is 15.5. The summed E-state index contributed by atoms with van der Waals surface area (Å²) in [7, 11) is 0. The van der Waals surface area contributed by atoms with Crippen molar-refractivity contribution in [1.82, 2.24) is 15.1 Å². The molecule has 0 saturated carbocycles. The molecule has 1 aromatic carbocycles. The molecule has 0 aliphatic carbocycles. The number of aliphatic hydroxyl groups is 1. The first-order valence-electron chi connectivity index (χ1n) is 8.39. The number of hydrogen-bond donors (Lipinski definition) is 3. The lowest BCUT2D eigenvalue weighted by atomic mass is 10.1. The lowest BCUT2D eigenvalue weighted by Crippen LogP contribution is -2.54. The molecular weight excluding hydrogens is 379 g/mol. The van der Waals surface area contributed by atoms with Crippen LogP contribution in [0, 0.1) is 0 Å². The average Bonchev–Trinajstić information content (AvgIpc) is 3.02. The number of para-hydroxylation sites is 1. The van der Waals surface area contributed by atoms with Crippen LogP contribution in [0.4, 0.5) is 5.69 Å². The van der Waals surface area contributed by atoms with E-state index in [0.717, 1.165) is 5.69 Å². The molecular formula is C17H26Cl2N4O3. The van der Waals surface area contributed by atoms with E-state index >= 15 is 0 Å². The third kappa shape index (κ3) is 6.10. The SMILES string of the molecule is Cl.Cl.O=C(CN1CCN(C(=O)C2CC(O)CN2)CC1)Nc1ccccc1. The van der Waals surface area contributed by atoms with Crippen molar-refractivity contribution in [3.8, 4) is 0 Å². The highest BCUT2D eigenvalue weighted by Gasteiger charge is 2.32. The van der Waals surface area contributed by atoms with Crippen LogP contribution in [0.5, 0.6) is 0 Å². The number of anilines is 1. The van der Waals surface area contributed by atoms with Gasteiger partial charge in [-0.15, -0.1) is 24.8 Å². The van der Waals surface area contributed by atoms with Gasteiger partial charge >= 0.3 is 0 Å². The predicted molar refractivity (Wildman–Crippen MR) is 105 cm³/mol. The van der Waals surface area contributed by atoms with Gasteiger partial charge in [0.15, 0.2) is 0 Å². The van der Waals surface area contributed by atoms with Crippen molar-refractivity contribution in [2.24, 2.45) is 0 Å². The van der Waals surface area contributed by atoms with Gasteiger partial charge in [-0.2, -0.15) is 0 Å². The molecule has 26 heavy (non-hydrogen) atoms. The minimum absolute atomic E-state index is 0. The van der Waals surface area contributed by atoms with Crippen molar-refractivity contribution >= 4 is 42.3 Å².